The van der Waals surface area contributed by atoms with Crippen LogP contribution in [0.15, 0.2) is 36.4 Å². The Balaban J connectivity index is 2.33. The minimum Gasteiger partial charge on any atom is -0.481 e. The number of carbonyl (C=O) groups is 2. The Bertz CT molecular complexity index is 697. The van der Waals surface area contributed by atoms with Crippen molar-refractivity contribution < 1.29 is 19.4 Å². The van der Waals surface area contributed by atoms with Crippen molar-refractivity contribution in [2.24, 2.45) is 0 Å². The lowest BCUT2D eigenvalue weighted by Gasteiger charge is -2.17. The number of H-pyrrole nitrogens is 1. The Morgan fingerprint density at radius 2 is 1.96 bits per heavy atom. The molecule has 128 valence electrons. The Hall–Kier alpha value is -2.80. The number of rotatable bonds is 7. The van der Waals surface area contributed by atoms with Crippen LogP contribution >= 0.6 is 0 Å². The first-order valence-electron chi connectivity index (χ1n) is 7.66. The van der Waals surface area contributed by atoms with Gasteiger partial charge in [-0.2, -0.15) is 0 Å². The van der Waals surface area contributed by atoms with E-state index in [1.165, 1.54) is 13.1 Å². The molecule has 0 saturated heterocycles. The number of aliphatic hydroxyl groups excluding tert-OH is 1. The predicted molar refractivity (Wildman–Crippen MR) is 89.1 cm³/mol. The molecule has 0 saturated carbocycles. The summed E-state index contributed by atoms with van der Waals surface area (Å²) < 4.78 is 5.79. The van der Waals surface area contributed by atoms with E-state index in [0.717, 1.165) is 5.56 Å². The van der Waals surface area contributed by atoms with E-state index in [1.54, 1.807) is 6.92 Å². The molecule has 0 aliphatic rings. The first-order valence-corrected chi connectivity index (χ1v) is 7.66. The average molecular weight is 331 g/mol. The molecule has 1 aromatic heterocycles. The molecule has 1 atom stereocenters. The molecular weight excluding hydrogens is 310 g/mol. The van der Waals surface area contributed by atoms with Crippen LogP contribution in [0.1, 0.15) is 39.6 Å². The van der Waals surface area contributed by atoms with Gasteiger partial charge in [-0.15, -0.1) is 0 Å². The lowest BCUT2D eigenvalue weighted by molar-refractivity contribution is 0.0931. The summed E-state index contributed by atoms with van der Waals surface area (Å²) in [6.07, 6.45) is -0.646. The third-order valence-electron chi connectivity index (χ3n) is 3.42. The van der Waals surface area contributed by atoms with Gasteiger partial charge in [0.05, 0.1) is 6.61 Å². The Morgan fingerprint density at radius 3 is 2.54 bits per heavy atom. The molecule has 1 aromatic carbocycles. The van der Waals surface area contributed by atoms with Crippen LogP contribution in [0.3, 0.4) is 0 Å². The maximum atomic E-state index is 12.0. The van der Waals surface area contributed by atoms with E-state index in [-0.39, 0.29) is 29.7 Å². The normalized spacial score (nSPS) is 11.6. The molecule has 1 heterocycles. The summed E-state index contributed by atoms with van der Waals surface area (Å²) in [6.45, 7) is 2.00. The standard InChI is InChI=1S/C17H21N3O4/c1-3-19-16(22)12-9-13(15(20-12)17(23)18-2)24-14(10-21)11-7-5-4-6-8-11/h4-9,14,20-21H,3,10H2,1-2H3,(H,18,23)(H,19,22)/t14-/m1/s1. The second-order valence-electron chi connectivity index (χ2n) is 5.06. The van der Waals surface area contributed by atoms with Gasteiger partial charge in [-0.1, -0.05) is 30.3 Å². The van der Waals surface area contributed by atoms with Crippen LogP contribution in [0.2, 0.25) is 0 Å². The van der Waals surface area contributed by atoms with Crippen molar-refractivity contribution in [3.63, 3.8) is 0 Å². The molecule has 4 N–H and O–H groups in total. The van der Waals surface area contributed by atoms with Crippen molar-refractivity contribution in [1.29, 1.82) is 0 Å². The summed E-state index contributed by atoms with van der Waals surface area (Å²) in [5, 5.41) is 14.8. The van der Waals surface area contributed by atoms with E-state index in [4.69, 9.17) is 4.74 Å². The molecule has 0 bridgehead atoms. The van der Waals surface area contributed by atoms with E-state index in [2.05, 4.69) is 15.6 Å². The number of ether oxygens (including phenoxy) is 1. The molecule has 2 amide bonds. The first kappa shape index (κ1) is 17.6. The van der Waals surface area contributed by atoms with Crippen molar-refractivity contribution in [3.8, 4) is 5.75 Å². The summed E-state index contributed by atoms with van der Waals surface area (Å²) in [6, 6.07) is 10.6. The minimum atomic E-state index is -0.646. The van der Waals surface area contributed by atoms with Crippen molar-refractivity contribution in [1.82, 2.24) is 15.6 Å². The monoisotopic (exact) mass is 331 g/mol. The molecule has 2 aromatic rings. The number of nitrogens with one attached hydrogen (secondary N) is 3. The Labute approximate surface area is 140 Å². The highest BCUT2D eigenvalue weighted by Gasteiger charge is 2.22. The molecule has 0 radical (unpaired) electrons. The van der Waals surface area contributed by atoms with E-state index in [9.17, 15) is 14.7 Å². The first-order chi connectivity index (χ1) is 11.6. The van der Waals surface area contributed by atoms with Crippen LogP contribution in [0.25, 0.3) is 0 Å². The third-order valence-corrected chi connectivity index (χ3v) is 3.42. The van der Waals surface area contributed by atoms with Crippen molar-refractivity contribution in [2.75, 3.05) is 20.2 Å². The van der Waals surface area contributed by atoms with Gasteiger partial charge in [-0.25, -0.2) is 0 Å². The van der Waals surface area contributed by atoms with Gasteiger partial charge in [-0.05, 0) is 12.5 Å². The molecule has 0 fully saturated rings. The zero-order valence-electron chi connectivity index (χ0n) is 13.6. The molecule has 0 aliphatic heterocycles. The highest BCUT2D eigenvalue weighted by Crippen LogP contribution is 2.26. The number of hydrogen-bond acceptors (Lipinski definition) is 4. The SMILES string of the molecule is CCNC(=O)c1cc(O[C@H](CO)c2ccccc2)c(C(=O)NC)[nH]1. The van der Waals surface area contributed by atoms with E-state index < -0.39 is 12.0 Å². The lowest BCUT2D eigenvalue weighted by Crippen LogP contribution is -2.24. The smallest absolute Gasteiger partial charge is 0.271 e. The fourth-order valence-electron chi connectivity index (χ4n) is 2.23. The molecule has 0 aliphatic carbocycles. The molecule has 0 unspecified atom stereocenters. The quantitative estimate of drug-likeness (QED) is 0.613. The highest BCUT2D eigenvalue weighted by atomic mass is 16.5. The molecule has 0 spiro atoms. The molecular formula is C17H21N3O4. The van der Waals surface area contributed by atoms with Crippen molar-refractivity contribution in [3.05, 3.63) is 53.3 Å². The zero-order valence-corrected chi connectivity index (χ0v) is 13.6. The third kappa shape index (κ3) is 3.94. The van der Waals surface area contributed by atoms with Gasteiger partial charge in [0.1, 0.15) is 17.5 Å². The van der Waals surface area contributed by atoms with Gasteiger partial charge in [0.15, 0.2) is 5.75 Å². The van der Waals surface area contributed by atoms with Gasteiger partial charge in [0.25, 0.3) is 11.8 Å². The average Bonchev–Trinajstić information content (AvgIpc) is 3.04. The second kappa shape index (κ2) is 8.16. The van der Waals surface area contributed by atoms with E-state index in [1.807, 2.05) is 30.3 Å². The topological polar surface area (TPSA) is 103 Å². The van der Waals surface area contributed by atoms with Crippen LogP contribution in [0, 0.1) is 0 Å². The van der Waals surface area contributed by atoms with Gasteiger partial charge in [0.2, 0.25) is 0 Å². The Kier molecular flexibility index (Phi) is 5.97. The van der Waals surface area contributed by atoms with Crippen LogP contribution < -0.4 is 15.4 Å². The number of aromatic amines is 1. The van der Waals surface area contributed by atoms with E-state index in [0.29, 0.717) is 6.54 Å². The summed E-state index contributed by atoms with van der Waals surface area (Å²) >= 11 is 0. The molecule has 24 heavy (non-hydrogen) atoms. The molecule has 7 nitrogen and oxygen atoms in total. The fourth-order valence-corrected chi connectivity index (χ4v) is 2.23. The van der Waals surface area contributed by atoms with Crippen molar-refractivity contribution in [2.45, 2.75) is 13.0 Å². The van der Waals surface area contributed by atoms with Crippen molar-refractivity contribution >= 4 is 11.8 Å². The zero-order chi connectivity index (χ0) is 17.5. The van der Waals surface area contributed by atoms with E-state index >= 15 is 0 Å². The molecule has 2 rings (SSSR count). The van der Waals surface area contributed by atoms with Gasteiger partial charge >= 0.3 is 0 Å². The fraction of sp³-hybridized carbons (Fsp3) is 0.294. The van der Waals surface area contributed by atoms with Crippen LogP contribution in [0.5, 0.6) is 5.75 Å². The summed E-state index contributed by atoms with van der Waals surface area (Å²) in [5.74, 6) is -0.540. The Morgan fingerprint density at radius 1 is 1.25 bits per heavy atom. The van der Waals surface area contributed by atoms with Gasteiger partial charge < -0.3 is 25.5 Å². The largest absolute Gasteiger partial charge is 0.481 e. The molecule has 7 heteroatoms. The number of aliphatic hydroxyl groups is 1. The minimum absolute atomic E-state index is 0.133. The summed E-state index contributed by atoms with van der Waals surface area (Å²) in [4.78, 5) is 26.8. The number of benzene rings is 1. The maximum absolute atomic E-state index is 12.0. The number of aromatic nitrogens is 1. The maximum Gasteiger partial charge on any atom is 0.271 e. The van der Waals surface area contributed by atoms with Crippen LogP contribution in [-0.2, 0) is 0 Å². The number of carbonyl (C=O) groups excluding carboxylic acids is 2. The lowest BCUT2D eigenvalue weighted by atomic mass is 10.1. The number of hydrogen-bond donors (Lipinski definition) is 4. The van der Waals surface area contributed by atoms with Gasteiger partial charge in [0, 0.05) is 19.7 Å². The summed E-state index contributed by atoms with van der Waals surface area (Å²) in [5.41, 5.74) is 1.12. The van der Waals surface area contributed by atoms with Crippen LogP contribution in [-0.4, -0.2) is 42.1 Å². The highest BCUT2D eigenvalue weighted by molar-refractivity contribution is 5.99. The van der Waals surface area contributed by atoms with Crippen LogP contribution in [0.4, 0.5) is 0 Å². The second-order valence-corrected chi connectivity index (χ2v) is 5.06. The van der Waals surface area contributed by atoms with Gasteiger partial charge in [-0.3, -0.25) is 9.59 Å². The predicted octanol–water partition coefficient (Wildman–Crippen LogP) is 1.24. The summed E-state index contributed by atoms with van der Waals surface area (Å²) in [7, 11) is 1.49. The number of amides is 2.